The van der Waals surface area contributed by atoms with Crippen molar-refractivity contribution in [3.05, 3.63) is 0 Å². The van der Waals surface area contributed by atoms with Gasteiger partial charge in [0.15, 0.2) is 0 Å². The summed E-state index contributed by atoms with van der Waals surface area (Å²) in [5.41, 5.74) is -0.794. The minimum atomic E-state index is -0.976. The standard InChI is InChI=1S/C14H26N2O3S/c1-6-14(7-2)13(18)16(8-9-20(5)19)11(10(3)4)12(17)15-14/h10-11H,6-9H2,1-5H3,(H,15,17). The zero-order chi connectivity index (χ0) is 15.5. The van der Waals surface area contributed by atoms with Crippen LogP contribution >= 0.6 is 0 Å². The fraction of sp³-hybridized carbons (Fsp3) is 0.857. The molecule has 0 saturated carbocycles. The molecule has 0 aromatic carbocycles. The monoisotopic (exact) mass is 302 g/mol. The highest BCUT2D eigenvalue weighted by Crippen LogP contribution is 2.27. The van der Waals surface area contributed by atoms with E-state index < -0.39 is 22.4 Å². The van der Waals surface area contributed by atoms with Crippen molar-refractivity contribution in [3.63, 3.8) is 0 Å². The Morgan fingerprint density at radius 1 is 1.30 bits per heavy atom. The molecule has 116 valence electrons. The van der Waals surface area contributed by atoms with Crippen molar-refractivity contribution < 1.29 is 13.8 Å². The lowest BCUT2D eigenvalue weighted by molar-refractivity contribution is -0.157. The number of nitrogens with one attached hydrogen (secondary N) is 1. The maximum absolute atomic E-state index is 12.8. The van der Waals surface area contributed by atoms with E-state index in [1.807, 2.05) is 27.7 Å². The Balaban J connectivity index is 3.10. The van der Waals surface area contributed by atoms with Crippen LogP contribution in [0.3, 0.4) is 0 Å². The zero-order valence-electron chi connectivity index (χ0n) is 13.1. The van der Waals surface area contributed by atoms with Gasteiger partial charge in [0.2, 0.25) is 11.8 Å². The van der Waals surface area contributed by atoms with Crippen LogP contribution < -0.4 is 5.32 Å². The highest BCUT2D eigenvalue weighted by atomic mass is 32.2. The number of rotatable bonds is 6. The Morgan fingerprint density at radius 3 is 2.25 bits per heavy atom. The molecule has 0 aliphatic carbocycles. The molecule has 1 aliphatic rings. The molecule has 2 atom stereocenters. The first-order valence-electron chi connectivity index (χ1n) is 7.22. The molecule has 2 amide bonds. The number of hydrogen-bond donors (Lipinski definition) is 1. The first-order chi connectivity index (χ1) is 9.29. The van der Waals surface area contributed by atoms with Gasteiger partial charge in [0.05, 0.1) is 0 Å². The fourth-order valence-electron chi connectivity index (χ4n) is 2.77. The second kappa shape index (κ2) is 6.70. The van der Waals surface area contributed by atoms with Gasteiger partial charge in [-0.1, -0.05) is 27.7 Å². The normalized spacial score (nSPS) is 23.9. The number of hydrogen-bond acceptors (Lipinski definition) is 3. The van der Waals surface area contributed by atoms with E-state index in [4.69, 9.17) is 0 Å². The summed E-state index contributed by atoms with van der Waals surface area (Å²) < 4.78 is 11.3. The van der Waals surface area contributed by atoms with E-state index in [-0.39, 0.29) is 17.7 Å². The molecule has 6 heteroatoms. The smallest absolute Gasteiger partial charge is 0.249 e. The molecule has 0 radical (unpaired) electrons. The third kappa shape index (κ3) is 3.22. The molecule has 2 unspecified atom stereocenters. The van der Waals surface area contributed by atoms with Crippen LogP contribution in [0.4, 0.5) is 0 Å². The second-order valence-electron chi connectivity index (χ2n) is 5.74. The molecular formula is C14H26N2O3S. The van der Waals surface area contributed by atoms with Crippen LogP contribution in [-0.2, 0) is 20.4 Å². The Hall–Kier alpha value is -0.910. The molecule has 0 bridgehead atoms. The van der Waals surface area contributed by atoms with E-state index in [1.165, 1.54) is 0 Å². The number of nitrogens with zero attached hydrogens (tertiary/aromatic N) is 1. The van der Waals surface area contributed by atoms with Crippen LogP contribution in [0.5, 0.6) is 0 Å². The van der Waals surface area contributed by atoms with Gasteiger partial charge in [0.25, 0.3) is 0 Å². The Kier molecular flexibility index (Phi) is 5.74. The lowest BCUT2D eigenvalue weighted by Gasteiger charge is -2.46. The maximum Gasteiger partial charge on any atom is 0.249 e. The van der Waals surface area contributed by atoms with Crippen LogP contribution in [0.25, 0.3) is 0 Å². The van der Waals surface area contributed by atoms with Crippen LogP contribution in [0.15, 0.2) is 0 Å². The highest BCUT2D eigenvalue weighted by Gasteiger charge is 2.49. The summed E-state index contributed by atoms with van der Waals surface area (Å²) >= 11 is 0. The second-order valence-corrected chi connectivity index (χ2v) is 7.30. The number of piperazine rings is 1. The van der Waals surface area contributed by atoms with Crippen molar-refractivity contribution in [1.82, 2.24) is 10.2 Å². The van der Waals surface area contributed by atoms with E-state index in [9.17, 15) is 13.8 Å². The van der Waals surface area contributed by atoms with Gasteiger partial charge in [-0.15, -0.1) is 0 Å². The van der Waals surface area contributed by atoms with Gasteiger partial charge >= 0.3 is 0 Å². The molecule has 0 spiro atoms. The summed E-state index contributed by atoms with van der Waals surface area (Å²) in [7, 11) is -0.976. The van der Waals surface area contributed by atoms with Gasteiger partial charge in [-0.05, 0) is 18.8 Å². The van der Waals surface area contributed by atoms with E-state index in [1.54, 1.807) is 11.2 Å². The van der Waals surface area contributed by atoms with Crippen molar-refractivity contribution in [3.8, 4) is 0 Å². The highest BCUT2D eigenvalue weighted by molar-refractivity contribution is 7.84. The summed E-state index contributed by atoms with van der Waals surface area (Å²) in [4.78, 5) is 26.8. The zero-order valence-corrected chi connectivity index (χ0v) is 13.9. The van der Waals surface area contributed by atoms with Crippen LogP contribution in [-0.4, -0.2) is 51.1 Å². The molecule has 1 saturated heterocycles. The molecule has 0 aromatic rings. The quantitative estimate of drug-likeness (QED) is 0.793. The van der Waals surface area contributed by atoms with Gasteiger partial charge in [-0.2, -0.15) is 0 Å². The van der Waals surface area contributed by atoms with Crippen LogP contribution in [0.1, 0.15) is 40.5 Å². The molecule has 1 N–H and O–H groups in total. The van der Waals surface area contributed by atoms with Gasteiger partial charge < -0.3 is 10.2 Å². The van der Waals surface area contributed by atoms with E-state index in [0.717, 1.165) is 0 Å². The van der Waals surface area contributed by atoms with E-state index in [0.29, 0.717) is 25.1 Å². The Labute approximate surface area is 123 Å². The van der Waals surface area contributed by atoms with Crippen LogP contribution in [0.2, 0.25) is 0 Å². The van der Waals surface area contributed by atoms with Gasteiger partial charge in [-0.3, -0.25) is 13.8 Å². The predicted octanol–water partition coefficient (Wildman–Crippen LogP) is 0.907. The SMILES string of the molecule is CCC1(CC)NC(=O)C(C(C)C)N(CCS(C)=O)C1=O. The predicted molar refractivity (Wildman–Crippen MR) is 80.7 cm³/mol. The molecular weight excluding hydrogens is 276 g/mol. The van der Waals surface area contributed by atoms with E-state index in [2.05, 4.69) is 5.32 Å². The van der Waals surface area contributed by atoms with Gasteiger partial charge in [0, 0.05) is 29.4 Å². The summed E-state index contributed by atoms with van der Waals surface area (Å²) in [5, 5.41) is 2.92. The van der Waals surface area contributed by atoms with Crippen molar-refractivity contribution >= 4 is 22.6 Å². The van der Waals surface area contributed by atoms with Gasteiger partial charge in [-0.25, -0.2) is 0 Å². The number of carbonyl (C=O) groups excluding carboxylic acids is 2. The average molecular weight is 302 g/mol. The van der Waals surface area contributed by atoms with E-state index >= 15 is 0 Å². The molecule has 1 heterocycles. The Bertz CT molecular complexity index is 405. The van der Waals surface area contributed by atoms with Crippen molar-refractivity contribution in [2.45, 2.75) is 52.1 Å². The number of carbonyl (C=O) groups is 2. The third-order valence-corrected chi connectivity index (χ3v) is 4.85. The molecule has 1 rings (SSSR count). The molecule has 20 heavy (non-hydrogen) atoms. The molecule has 0 aromatic heterocycles. The average Bonchev–Trinajstić information content (AvgIpc) is 2.38. The minimum absolute atomic E-state index is 0.0359. The fourth-order valence-corrected chi connectivity index (χ4v) is 3.22. The number of amides is 2. The van der Waals surface area contributed by atoms with Crippen LogP contribution in [0, 0.1) is 5.92 Å². The summed E-state index contributed by atoms with van der Waals surface area (Å²) in [6.07, 6.45) is 2.76. The lowest BCUT2D eigenvalue weighted by atomic mass is 9.85. The minimum Gasteiger partial charge on any atom is -0.340 e. The molecule has 5 nitrogen and oxygen atoms in total. The largest absolute Gasteiger partial charge is 0.340 e. The first kappa shape index (κ1) is 17.1. The lowest BCUT2D eigenvalue weighted by Crippen LogP contribution is -2.71. The first-order valence-corrected chi connectivity index (χ1v) is 8.95. The third-order valence-electron chi connectivity index (χ3n) is 4.10. The summed E-state index contributed by atoms with van der Waals surface area (Å²) in [5.74, 6) is 0.318. The topological polar surface area (TPSA) is 66.5 Å². The summed E-state index contributed by atoms with van der Waals surface area (Å²) in [6.45, 7) is 8.05. The Morgan fingerprint density at radius 2 is 1.85 bits per heavy atom. The van der Waals surface area contributed by atoms with Crippen molar-refractivity contribution in [1.29, 1.82) is 0 Å². The maximum atomic E-state index is 12.8. The molecule has 1 aliphatic heterocycles. The molecule has 1 fully saturated rings. The summed E-state index contributed by atoms with van der Waals surface area (Å²) in [6, 6.07) is -0.461. The van der Waals surface area contributed by atoms with Crippen molar-refractivity contribution in [2.75, 3.05) is 18.6 Å². The van der Waals surface area contributed by atoms with Gasteiger partial charge in [0.1, 0.15) is 11.6 Å². The van der Waals surface area contributed by atoms with Crippen molar-refractivity contribution in [2.24, 2.45) is 5.92 Å².